The first kappa shape index (κ1) is 26.6. The topological polar surface area (TPSA) is 97.2 Å². The summed E-state index contributed by atoms with van der Waals surface area (Å²) in [5.74, 6) is 0.125. The molecule has 196 valence electrons. The summed E-state index contributed by atoms with van der Waals surface area (Å²) < 4.78 is 23.3. The third-order valence-corrected chi connectivity index (χ3v) is 6.78. The van der Waals surface area contributed by atoms with Crippen molar-refractivity contribution < 1.29 is 14.2 Å². The molecule has 2 unspecified atom stereocenters. The van der Waals surface area contributed by atoms with Crippen molar-refractivity contribution in [3.05, 3.63) is 71.1 Å². The van der Waals surface area contributed by atoms with Gasteiger partial charge in [-0.15, -0.1) is 0 Å². The molecule has 0 radical (unpaired) electrons. The van der Waals surface area contributed by atoms with E-state index in [4.69, 9.17) is 10.5 Å². The zero-order chi connectivity index (χ0) is 26.9. The fraction of sp³-hybridized carbons (Fsp3) is 0.379. The van der Waals surface area contributed by atoms with Gasteiger partial charge in [-0.25, -0.2) is 9.37 Å². The van der Waals surface area contributed by atoms with Crippen molar-refractivity contribution in [1.82, 2.24) is 14.7 Å². The summed E-state index contributed by atoms with van der Waals surface area (Å²) in [4.78, 5) is 8.79. The van der Waals surface area contributed by atoms with E-state index in [1.54, 1.807) is 19.2 Å². The number of rotatable bonds is 7. The van der Waals surface area contributed by atoms with Gasteiger partial charge in [-0.05, 0) is 61.4 Å². The van der Waals surface area contributed by atoms with Crippen molar-refractivity contribution in [3.8, 4) is 16.9 Å². The van der Waals surface area contributed by atoms with Crippen LogP contribution in [-0.2, 0) is 6.54 Å². The first-order valence-electron chi connectivity index (χ1n) is 12.4. The van der Waals surface area contributed by atoms with Gasteiger partial charge in [0, 0.05) is 48.7 Å². The Morgan fingerprint density at radius 1 is 1.30 bits per heavy atom. The maximum Gasteiger partial charge on any atom is 0.138 e. The van der Waals surface area contributed by atoms with Crippen molar-refractivity contribution >= 4 is 17.4 Å². The molecule has 2 aromatic heterocycles. The molecule has 37 heavy (non-hydrogen) atoms. The van der Waals surface area contributed by atoms with Crippen LogP contribution < -0.4 is 15.8 Å². The number of nitrogens with zero attached hydrogens (tertiary/aromatic N) is 3. The molecule has 2 atom stereocenters. The number of aliphatic hydroxyl groups excluding tert-OH is 1. The number of nitrogens with one attached hydrogen (secondary N) is 1. The average molecular weight is 506 g/mol. The summed E-state index contributed by atoms with van der Waals surface area (Å²) in [6, 6.07) is 7.11. The molecule has 0 fully saturated rings. The lowest BCUT2D eigenvalue weighted by atomic mass is 9.84. The standard InChI is InChI=1S/C29H36FN5O2/c1-17(33-6)23(26(31)28(36)29(2,3)4)13-20-8-9-22-24(30)11-10-21(27(22)37-20)18-7-12-25-34-15-19(14-32-5)35(25)16-18/h7-12,15-16,20,28,32,36H,13-14,31H2,1-6H3/b26-23-,33-17?. The quantitative estimate of drug-likeness (QED) is 0.403. The van der Waals surface area contributed by atoms with Gasteiger partial charge in [-0.1, -0.05) is 20.8 Å². The van der Waals surface area contributed by atoms with Crippen LogP contribution in [0.15, 0.2) is 59.0 Å². The van der Waals surface area contributed by atoms with E-state index in [1.165, 1.54) is 6.07 Å². The zero-order valence-corrected chi connectivity index (χ0v) is 22.3. The smallest absolute Gasteiger partial charge is 0.138 e. The lowest BCUT2D eigenvalue weighted by Crippen LogP contribution is -2.34. The number of halogens is 1. The van der Waals surface area contributed by atoms with Crippen molar-refractivity contribution in [1.29, 1.82) is 0 Å². The molecule has 0 saturated heterocycles. The highest BCUT2D eigenvalue weighted by molar-refractivity contribution is 5.99. The number of aliphatic hydroxyl groups is 1. The molecule has 0 saturated carbocycles. The second kappa shape index (κ2) is 10.5. The third-order valence-electron chi connectivity index (χ3n) is 6.78. The van der Waals surface area contributed by atoms with E-state index in [-0.39, 0.29) is 5.82 Å². The van der Waals surface area contributed by atoms with Crippen molar-refractivity contribution in [2.75, 3.05) is 14.1 Å². The van der Waals surface area contributed by atoms with Gasteiger partial charge in [0.05, 0.1) is 23.6 Å². The minimum absolute atomic E-state index is 0.349. The Labute approximate surface area is 217 Å². The monoisotopic (exact) mass is 505 g/mol. The van der Waals surface area contributed by atoms with E-state index in [1.807, 2.05) is 69.7 Å². The van der Waals surface area contributed by atoms with E-state index in [9.17, 15) is 9.50 Å². The number of fused-ring (bicyclic) bond motifs is 2. The van der Waals surface area contributed by atoms with Crippen LogP contribution in [0.4, 0.5) is 4.39 Å². The van der Waals surface area contributed by atoms with E-state index in [0.29, 0.717) is 30.0 Å². The number of benzene rings is 1. The molecule has 1 aromatic carbocycles. The molecular weight excluding hydrogens is 469 g/mol. The Hall–Kier alpha value is -3.49. The first-order valence-corrected chi connectivity index (χ1v) is 12.4. The van der Waals surface area contributed by atoms with Crippen molar-refractivity contribution in [2.45, 2.75) is 52.9 Å². The number of aromatic nitrogens is 2. The molecule has 1 aliphatic rings. The molecule has 7 nitrogen and oxygen atoms in total. The summed E-state index contributed by atoms with van der Waals surface area (Å²) in [6.45, 7) is 8.33. The Kier molecular flexibility index (Phi) is 7.52. The van der Waals surface area contributed by atoms with E-state index < -0.39 is 17.6 Å². The van der Waals surface area contributed by atoms with Gasteiger partial charge in [0.15, 0.2) is 0 Å². The summed E-state index contributed by atoms with van der Waals surface area (Å²) in [6.07, 6.45) is 6.56. The van der Waals surface area contributed by atoms with Crippen molar-refractivity contribution in [3.63, 3.8) is 0 Å². The zero-order valence-electron chi connectivity index (χ0n) is 22.3. The van der Waals surface area contributed by atoms with E-state index >= 15 is 0 Å². The Balaban J connectivity index is 1.73. The molecule has 4 N–H and O–H groups in total. The number of imidazole rings is 1. The van der Waals surface area contributed by atoms with E-state index in [0.717, 1.165) is 33.8 Å². The first-order chi connectivity index (χ1) is 17.5. The van der Waals surface area contributed by atoms with Crippen LogP contribution in [0.25, 0.3) is 22.9 Å². The lowest BCUT2D eigenvalue weighted by molar-refractivity contribution is 0.0924. The maximum atomic E-state index is 14.8. The number of hydrogen-bond acceptors (Lipinski definition) is 6. The highest BCUT2D eigenvalue weighted by Crippen LogP contribution is 2.40. The molecule has 0 aliphatic carbocycles. The second-order valence-electron chi connectivity index (χ2n) is 10.5. The van der Waals surface area contributed by atoms with Crippen LogP contribution in [0.3, 0.4) is 0 Å². The van der Waals surface area contributed by atoms with Crippen molar-refractivity contribution in [2.24, 2.45) is 16.1 Å². The van der Waals surface area contributed by atoms with Gasteiger partial charge >= 0.3 is 0 Å². The summed E-state index contributed by atoms with van der Waals surface area (Å²) >= 11 is 0. The summed E-state index contributed by atoms with van der Waals surface area (Å²) in [5, 5.41) is 14.0. The summed E-state index contributed by atoms with van der Waals surface area (Å²) in [7, 11) is 3.59. The molecule has 0 bridgehead atoms. The largest absolute Gasteiger partial charge is 0.485 e. The number of pyridine rings is 1. The van der Waals surface area contributed by atoms with Crippen LogP contribution in [0, 0.1) is 11.2 Å². The molecular formula is C29H36FN5O2. The number of nitrogens with two attached hydrogens (primary N) is 1. The molecule has 3 heterocycles. The van der Waals surface area contributed by atoms with Crippen LogP contribution in [0.5, 0.6) is 5.75 Å². The van der Waals surface area contributed by atoms with Gasteiger partial charge in [-0.2, -0.15) is 0 Å². The van der Waals surface area contributed by atoms with Crippen LogP contribution >= 0.6 is 0 Å². The fourth-order valence-corrected chi connectivity index (χ4v) is 4.53. The maximum absolute atomic E-state index is 14.8. The van der Waals surface area contributed by atoms with Gasteiger partial charge < -0.3 is 25.3 Å². The molecule has 0 amide bonds. The van der Waals surface area contributed by atoms with Crippen LogP contribution in [0.2, 0.25) is 0 Å². The van der Waals surface area contributed by atoms with Gasteiger partial charge in [0.2, 0.25) is 0 Å². The predicted molar refractivity (Wildman–Crippen MR) is 147 cm³/mol. The van der Waals surface area contributed by atoms with Crippen LogP contribution in [0.1, 0.15) is 45.4 Å². The average Bonchev–Trinajstić information content (AvgIpc) is 3.28. The molecule has 1 aliphatic heterocycles. The van der Waals surface area contributed by atoms with E-state index in [2.05, 4.69) is 15.3 Å². The van der Waals surface area contributed by atoms with Gasteiger partial charge in [-0.3, -0.25) is 4.99 Å². The summed E-state index contributed by atoms with van der Waals surface area (Å²) in [5.41, 5.74) is 11.8. The Morgan fingerprint density at radius 2 is 2.05 bits per heavy atom. The predicted octanol–water partition coefficient (Wildman–Crippen LogP) is 4.73. The van der Waals surface area contributed by atoms with Crippen LogP contribution in [-0.4, -0.2) is 46.5 Å². The molecule has 3 aromatic rings. The minimum atomic E-state index is -0.847. The lowest BCUT2D eigenvalue weighted by Gasteiger charge is -2.30. The highest BCUT2D eigenvalue weighted by atomic mass is 19.1. The number of ether oxygens (including phenoxy) is 1. The van der Waals surface area contributed by atoms with Gasteiger partial charge in [0.1, 0.15) is 23.3 Å². The Morgan fingerprint density at radius 3 is 2.73 bits per heavy atom. The number of hydrogen-bond donors (Lipinski definition) is 3. The SMILES string of the molecule is CN=C(C)/C(CC1C=Cc2c(F)ccc(-c3ccc4ncc(CNC)n4c3)c2O1)=C(\N)C(O)C(C)(C)C. The fourth-order valence-electron chi connectivity index (χ4n) is 4.53. The number of aliphatic imine (C=N–C) groups is 1. The molecule has 8 heteroatoms. The minimum Gasteiger partial charge on any atom is -0.485 e. The second-order valence-corrected chi connectivity index (χ2v) is 10.5. The van der Waals surface area contributed by atoms with Gasteiger partial charge in [0.25, 0.3) is 0 Å². The third kappa shape index (κ3) is 5.31. The molecule has 4 rings (SSSR count). The highest BCUT2D eigenvalue weighted by Gasteiger charge is 2.29. The molecule has 0 spiro atoms. The normalized spacial score (nSPS) is 17.4. The Bertz CT molecular complexity index is 1400.